The Kier molecular flexibility index (Phi) is 4.07. The van der Waals surface area contributed by atoms with Gasteiger partial charge in [0.1, 0.15) is 0 Å². The summed E-state index contributed by atoms with van der Waals surface area (Å²) >= 11 is 0. The van der Waals surface area contributed by atoms with Gasteiger partial charge >= 0.3 is 0 Å². The molecule has 1 aliphatic heterocycles. The minimum Gasteiger partial charge on any atom is -0.390 e. The van der Waals surface area contributed by atoms with Crippen LogP contribution in [0.3, 0.4) is 0 Å². The van der Waals surface area contributed by atoms with Crippen LogP contribution in [0.25, 0.3) is 0 Å². The van der Waals surface area contributed by atoms with Gasteiger partial charge in [0, 0.05) is 45.5 Å². The Morgan fingerprint density at radius 1 is 1.32 bits per heavy atom. The lowest BCUT2D eigenvalue weighted by molar-refractivity contribution is 0.0581. The van der Waals surface area contributed by atoms with Crippen LogP contribution in [-0.2, 0) is 0 Å². The Morgan fingerprint density at radius 2 is 2.05 bits per heavy atom. The minimum absolute atomic E-state index is 0.0588. The molecule has 0 spiro atoms. The molecule has 1 aromatic rings. The van der Waals surface area contributed by atoms with Crippen LogP contribution in [0.2, 0.25) is 0 Å². The van der Waals surface area contributed by atoms with Crippen LogP contribution >= 0.6 is 0 Å². The maximum atomic E-state index is 12.4. The van der Waals surface area contributed by atoms with Gasteiger partial charge in [-0.1, -0.05) is 6.07 Å². The number of nitrogens with zero attached hydrogens (tertiary/aromatic N) is 2. The highest BCUT2D eigenvalue weighted by atomic mass is 16.3. The number of carbonyl (C=O) groups is 1. The molecule has 0 aromatic heterocycles. The Labute approximate surface area is 113 Å². The highest BCUT2D eigenvalue weighted by molar-refractivity contribution is 5.95. The lowest BCUT2D eigenvalue weighted by atomic mass is 10.1. The van der Waals surface area contributed by atoms with E-state index in [2.05, 4.69) is 5.32 Å². The molecule has 1 aromatic carbocycles. The number of hydrogen-bond acceptors (Lipinski definition) is 4. The van der Waals surface area contributed by atoms with E-state index < -0.39 is 6.10 Å². The molecule has 0 saturated carbocycles. The van der Waals surface area contributed by atoms with Gasteiger partial charge in [-0.15, -0.1) is 0 Å². The molecule has 0 aliphatic carbocycles. The smallest absolute Gasteiger partial charge is 0.254 e. The van der Waals surface area contributed by atoms with Crippen molar-refractivity contribution >= 4 is 11.6 Å². The molecule has 1 heterocycles. The van der Waals surface area contributed by atoms with E-state index in [1.54, 1.807) is 18.0 Å². The molecule has 1 aliphatic rings. The van der Waals surface area contributed by atoms with E-state index in [0.29, 0.717) is 18.7 Å². The van der Waals surface area contributed by atoms with Gasteiger partial charge in [-0.3, -0.25) is 4.79 Å². The molecule has 1 amide bonds. The Balaban J connectivity index is 2.17. The molecule has 2 rings (SSSR count). The number of amides is 1. The normalized spacial score (nSPS) is 22.3. The van der Waals surface area contributed by atoms with Crippen molar-refractivity contribution in [2.75, 3.05) is 39.1 Å². The van der Waals surface area contributed by atoms with E-state index in [-0.39, 0.29) is 11.9 Å². The maximum absolute atomic E-state index is 12.4. The van der Waals surface area contributed by atoms with Crippen LogP contribution in [0.15, 0.2) is 24.3 Å². The third-order valence-electron chi connectivity index (χ3n) is 3.58. The molecule has 1 fully saturated rings. The second-order valence-electron chi connectivity index (χ2n) is 5.15. The van der Waals surface area contributed by atoms with E-state index in [9.17, 15) is 9.90 Å². The number of aliphatic hydroxyl groups excluding tert-OH is 1. The highest BCUT2D eigenvalue weighted by Gasteiger charge is 2.31. The molecule has 104 valence electrons. The summed E-state index contributed by atoms with van der Waals surface area (Å²) in [6.45, 7) is 1.18. The summed E-state index contributed by atoms with van der Waals surface area (Å²) in [6.07, 6.45) is -0.494. The zero-order chi connectivity index (χ0) is 14.0. The summed E-state index contributed by atoms with van der Waals surface area (Å²) in [7, 11) is 5.63. The molecule has 0 radical (unpaired) electrons. The Bertz CT molecular complexity index is 462. The van der Waals surface area contributed by atoms with Crippen molar-refractivity contribution in [3.05, 3.63) is 29.8 Å². The first-order chi connectivity index (χ1) is 9.00. The molecule has 0 unspecified atom stereocenters. The fourth-order valence-electron chi connectivity index (χ4n) is 2.32. The van der Waals surface area contributed by atoms with Crippen molar-refractivity contribution in [2.45, 2.75) is 12.1 Å². The summed E-state index contributed by atoms with van der Waals surface area (Å²) < 4.78 is 0. The predicted octanol–water partition coefficient (Wildman–Crippen LogP) is 0.157. The summed E-state index contributed by atoms with van der Waals surface area (Å²) in [5.74, 6) is -0.0588. The molecular weight excluding hydrogens is 242 g/mol. The number of aliphatic hydroxyl groups is 1. The zero-order valence-electron chi connectivity index (χ0n) is 11.6. The van der Waals surface area contributed by atoms with Crippen LogP contribution in [0.4, 0.5) is 5.69 Å². The zero-order valence-corrected chi connectivity index (χ0v) is 11.6. The summed E-state index contributed by atoms with van der Waals surface area (Å²) in [4.78, 5) is 16.0. The fourth-order valence-corrected chi connectivity index (χ4v) is 2.32. The van der Waals surface area contributed by atoms with Gasteiger partial charge < -0.3 is 20.2 Å². The molecule has 5 nitrogen and oxygen atoms in total. The lowest BCUT2D eigenvalue weighted by Crippen LogP contribution is -2.44. The van der Waals surface area contributed by atoms with Gasteiger partial charge in [0.15, 0.2) is 0 Å². The molecular formula is C14H21N3O2. The first-order valence-corrected chi connectivity index (χ1v) is 6.44. The Hall–Kier alpha value is -1.59. The quantitative estimate of drug-likeness (QED) is 0.815. The minimum atomic E-state index is -0.494. The average Bonchev–Trinajstić information content (AvgIpc) is 2.83. The Morgan fingerprint density at radius 3 is 2.63 bits per heavy atom. The van der Waals surface area contributed by atoms with Crippen molar-refractivity contribution in [2.24, 2.45) is 0 Å². The first kappa shape index (κ1) is 13.8. The van der Waals surface area contributed by atoms with E-state index >= 15 is 0 Å². The number of anilines is 1. The van der Waals surface area contributed by atoms with E-state index in [1.165, 1.54) is 0 Å². The van der Waals surface area contributed by atoms with Crippen LogP contribution in [0.5, 0.6) is 0 Å². The average molecular weight is 263 g/mol. The molecule has 19 heavy (non-hydrogen) atoms. The van der Waals surface area contributed by atoms with Crippen molar-refractivity contribution < 1.29 is 9.90 Å². The fraction of sp³-hybridized carbons (Fsp3) is 0.500. The highest BCUT2D eigenvalue weighted by Crippen LogP contribution is 2.17. The number of hydrogen-bond donors (Lipinski definition) is 2. The van der Waals surface area contributed by atoms with Crippen LogP contribution in [0, 0.1) is 0 Å². The summed E-state index contributed by atoms with van der Waals surface area (Å²) in [5, 5.41) is 12.9. The van der Waals surface area contributed by atoms with Crippen molar-refractivity contribution in [3.63, 3.8) is 0 Å². The van der Waals surface area contributed by atoms with Gasteiger partial charge in [-0.05, 0) is 18.2 Å². The van der Waals surface area contributed by atoms with E-state index in [4.69, 9.17) is 0 Å². The van der Waals surface area contributed by atoms with E-state index in [1.807, 2.05) is 37.2 Å². The third kappa shape index (κ3) is 2.88. The van der Waals surface area contributed by atoms with Crippen molar-refractivity contribution in [3.8, 4) is 0 Å². The SMILES string of the molecule is CN(C)c1cccc(C(=O)N(C)[C@@H]2CNC[C@H]2O)c1. The molecule has 5 heteroatoms. The number of likely N-dealkylation sites (N-methyl/N-ethyl adjacent to an activating group) is 1. The lowest BCUT2D eigenvalue weighted by Gasteiger charge is -2.26. The summed E-state index contributed by atoms with van der Waals surface area (Å²) in [5.41, 5.74) is 1.64. The van der Waals surface area contributed by atoms with Gasteiger partial charge in [-0.2, -0.15) is 0 Å². The number of carbonyl (C=O) groups excluding carboxylic acids is 1. The third-order valence-corrected chi connectivity index (χ3v) is 3.58. The number of nitrogens with one attached hydrogen (secondary N) is 1. The van der Waals surface area contributed by atoms with Gasteiger partial charge in [0.05, 0.1) is 12.1 Å². The molecule has 2 atom stereocenters. The second-order valence-corrected chi connectivity index (χ2v) is 5.15. The molecule has 0 bridgehead atoms. The van der Waals surface area contributed by atoms with Crippen molar-refractivity contribution in [1.82, 2.24) is 10.2 Å². The molecule has 1 saturated heterocycles. The largest absolute Gasteiger partial charge is 0.390 e. The monoisotopic (exact) mass is 263 g/mol. The number of β-amino-alcohol motifs (C(OH)–C–C–N with tert-alkyl or cyclic N) is 1. The van der Waals surface area contributed by atoms with E-state index in [0.717, 1.165) is 5.69 Å². The predicted molar refractivity (Wildman–Crippen MR) is 75.5 cm³/mol. The van der Waals surface area contributed by atoms with Crippen LogP contribution < -0.4 is 10.2 Å². The second kappa shape index (κ2) is 5.59. The van der Waals surface area contributed by atoms with Gasteiger partial charge in [0.2, 0.25) is 0 Å². The first-order valence-electron chi connectivity index (χ1n) is 6.44. The summed E-state index contributed by atoms with van der Waals surface area (Å²) in [6, 6.07) is 7.35. The standard InChI is InChI=1S/C14H21N3O2/c1-16(2)11-6-4-5-10(7-11)14(19)17(3)12-8-15-9-13(12)18/h4-7,12-13,15,18H,8-9H2,1-3H3/t12-,13-/m1/s1. The molecule has 2 N–H and O–H groups in total. The van der Waals surface area contributed by atoms with Crippen LogP contribution in [-0.4, -0.2) is 62.3 Å². The number of rotatable bonds is 3. The number of benzene rings is 1. The topological polar surface area (TPSA) is 55.8 Å². The van der Waals surface area contributed by atoms with Gasteiger partial charge in [-0.25, -0.2) is 0 Å². The van der Waals surface area contributed by atoms with Crippen LogP contribution in [0.1, 0.15) is 10.4 Å². The maximum Gasteiger partial charge on any atom is 0.254 e. The van der Waals surface area contributed by atoms with Gasteiger partial charge in [0.25, 0.3) is 5.91 Å². The van der Waals surface area contributed by atoms with Crippen molar-refractivity contribution in [1.29, 1.82) is 0 Å².